The van der Waals surface area contributed by atoms with Crippen LogP contribution in [0.15, 0.2) is 55.1 Å². The topological polar surface area (TPSA) is 88.0 Å². The molecule has 0 spiro atoms. The SMILES string of the molecule is Cc1ccc(-c2ccc3ncc(N(C)C=O)c(CC4CCN(c5ncccn5)CC4)c3n2)cn1. The van der Waals surface area contributed by atoms with E-state index in [1.165, 1.54) is 0 Å². The van der Waals surface area contributed by atoms with Crippen LogP contribution in [0.4, 0.5) is 11.6 Å². The Bertz CT molecular complexity index is 1290. The molecular weight excluding hydrogens is 426 g/mol. The Labute approximate surface area is 198 Å². The number of rotatable bonds is 6. The Balaban J connectivity index is 1.47. The predicted octanol–water partition coefficient (Wildman–Crippen LogP) is 3.84. The van der Waals surface area contributed by atoms with Crippen LogP contribution in [0.3, 0.4) is 0 Å². The van der Waals surface area contributed by atoms with E-state index in [1.54, 1.807) is 30.5 Å². The highest BCUT2D eigenvalue weighted by atomic mass is 16.1. The van der Waals surface area contributed by atoms with E-state index in [0.717, 1.165) is 83.9 Å². The number of nitrogens with zero attached hydrogens (tertiary/aromatic N) is 7. The third-order valence-electron chi connectivity index (χ3n) is 6.48. The van der Waals surface area contributed by atoms with Gasteiger partial charge in [0.25, 0.3) is 0 Å². The monoisotopic (exact) mass is 453 g/mol. The Morgan fingerprint density at radius 2 is 1.82 bits per heavy atom. The van der Waals surface area contributed by atoms with Gasteiger partial charge < -0.3 is 9.80 Å². The number of amides is 1. The summed E-state index contributed by atoms with van der Waals surface area (Å²) in [4.78, 5) is 38.3. The molecule has 1 saturated heterocycles. The van der Waals surface area contributed by atoms with E-state index < -0.39 is 0 Å². The third-order valence-corrected chi connectivity index (χ3v) is 6.48. The molecule has 0 radical (unpaired) electrons. The van der Waals surface area contributed by atoms with Gasteiger partial charge in [0.15, 0.2) is 0 Å². The fourth-order valence-electron chi connectivity index (χ4n) is 4.53. The van der Waals surface area contributed by atoms with E-state index >= 15 is 0 Å². The number of hydrogen-bond donors (Lipinski definition) is 0. The van der Waals surface area contributed by atoms with Gasteiger partial charge in [-0.15, -0.1) is 0 Å². The minimum atomic E-state index is 0.468. The largest absolute Gasteiger partial charge is 0.341 e. The second-order valence-corrected chi connectivity index (χ2v) is 8.77. The summed E-state index contributed by atoms with van der Waals surface area (Å²) < 4.78 is 0. The van der Waals surface area contributed by atoms with Crippen molar-refractivity contribution in [2.24, 2.45) is 5.92 Å². The lowest BCUT2D eigenvalue weighted by Crippen LogP contribution is -2.35. The van der Waals surface area contributed by atoms with Crippen LogP contribution in [-0.4, -0.2) is 51.5 Å². The number of aromatic nitrogens is 5. The Hall–Kier alpha value is -3.94. The molecule has 0 atom stereocenters. The number of fused-ring (bicyclic) bond motifs is 1. The van der Waals surface area contributed by atoms with E-state index in [9.17, 15) is 4.79 Å². The van der Waals surface area contributed by atoms with Crippen LogP contribution in [-0.2, 0) is 11.2 Å². The maximum Gasteiger partial charge on any atom is 0.225 e. The lowest BCUT2D eigenvalue weighted by atomic mass is 9.89. The van der Waals surface area contributed by atoms with E-state index in [0.29, 0.717) is 5.92 Å². The number of carbonyl (C=O) groups excluding carboxylic acids is 1. The molecule has 8 nitrogen and oxygen atoms in total. The number of hydrogen-bond acceptors (Lipinski definition) is 7. The maximum absolute atomic E-state index is 11.7. The lowest BCUT2D eigenvalue weighted by Gasteiger charge is -2.32. The van der Waals surface area contributed by atoms with Crippen molar-refractivity contribution in [1.82, 2.24) is 24.9 Å². The van der Waals surface area contributed by atoms with E-state index in [1.807, 2.05) is 43.5 Å². The number of anilines is 2. The molecular formula is C26H27N7O. The molecule has 172 valence electrons. The molecule has 1 fully saturated rings. The van der Waals surface area contributed by atoms with Crippen LogP contribution in [0.25, 0.3) is 22.3 Å². The third kappa shape index (κ3) is 4.44. The maximum atomic E-state index is 11.7. The highest BCUT2D eigenvalue weighted by Crippen LogP contribution is 2.32. The summed E-state index contributed by atoms with van der Waals surface area (Å²) in [5, 5.41) is 0. The fourth-order valence-corrected chi connectivity index (χ4v) is 4.53. The van der Waals surface area contributed by atoms with Gasteiger partial charge in [0, 0.05) is 55.5 Å². The zero-order valence-corrected chi connectivity index (χ0v) is 19.4. The van der Waals surface area contributed by atoms with Gasteiger partial charge in [-0.1, -0.05) is 0 Å². The van der Waals surface area contributed by atoms with Crippen LogP contribution >= 0.6 is 0 Å². The molecule has 4 aromatic heterocycles. The summed E-state index contributed by atoms with van der Waals surface area (Å²) in [5.74, 6) is 1.26. The second-order valence-electron chi connectivity index (χ2n) is 8.77. The summed E-state index contributed by atoms with van der Waals surface area (Å²) >= 11 is 0. The first-order valence-electron chi connectivity index (χ1n) is 11.5. The molecule has 8 heteroatoms. The van der Waals surface area contributed by atoms with Crippen molar-refractivity contribution >= 4 is 29.1 Å². The van der Waals surface area contributed by atoms with Gasteiger partial charge in [-0.25, -0.2) is 15.0 Å². The molecule has 5 heterocycles. The van der Waals surface area contributed by atoms with Gasteiger partial charge in [-0.05, 0) is 62.4 Å². The highest BCUT2D eigenvalue weighted by molar-refractivity contribution is 5.88. The molecule has 0 aliphatic carbocycles. The normalized spacial score (nSPS) is 14.4. The summed E-state index contributed by atoms with van der Waals surface area (Å²) in [6.45, 7) is 3.78. The van der Waals surface area contributed by atoms with Crippen LogP contribution in [0.1, 0.15) is 24.1 Å². The highest BCUT2D eigenvalue weighted by Gasteiger charge is 2.24. The number of carbonyl (C=O) groups is 1. The molecule has 0 unspecified atom stereocenters. The van der Waals surface area contributed by atoms with Crippen molar-refractivity contribution in [2.45, 2.75) is 26.2 Å². The summed E-state index contributed by atoms with van der Waals surface area (Å²) in [7, 11) is 1.77. The molecule has 34 heavy (non-hydrogen) atoms. The summed E-state index contributed by atoms with van der Waals surface area (Å²) in [5.41, 5.74) is 6.33. The molecule has 1 aliphatic heterocycles. The van der Waals surface area contributed by atoms with Gasteiger partial charge >= 0.3 is 0 Å². The molecule has 0 bridgehead atoms. The van der Waals surface area contributed by atoms with E-state index in [2.05, 4.69) is 24.8 Å². The zero-order valence-electron chi connectivity index (χ0n) is 19.4. The fraction of sp³-hybridized carbons (Fsp3) is 0.308. The molecule has 0 N–H and O–H groups in total. The molecule has 0 aromatic carbocycles. The number of pyridine rings is 3. The first kappa shape index (κ1) is 21.9. The van der Waals surface area contributed by atoms with Gasteiger partial charge in [-0.2, -0.15) is 0 Å². The van der Waals surface area contributed by atoms with Crippen molar-refractivity contribution in [2.75, 3.05) is 29.9 Å². The van der Waals surface area contributed by atoms with Crippen molar-refractivity contribution in [1.29, 1.82) is 0 Å². The van der Waals surface area contributed by atoms with Crippen LogP contribution in [0.2, 0.25) is 0 Å². The van der Waals surface area contributed by atoms with Crippen LogP contribution < -0.4 is 9.80 Å². The molecule has 1 amide bonds. The van der Waals surface area contributed by atoms with E-state index in [4.69, 9.17) is 4.98 Å². The van der Waals surface area contributed by atoms with E-state index in [-0.39, 0.29) is 0 Å². The molecule has 1 aliphatic rings. The molecule has 5 rings (SSSR count). The second kappa shape index (κ2) is 9.51. The lowest BCUT2D eigenvalue weighted by molar-refractivity contribution is -0.107. The average molecular weight is 454 g/mol. The zero-order chi connectivity index (χ0) is 23.5. The molecule has 4 aromatic rings. The number of aryl methyl sites for hydroxylation is 1. The standard InChI is InChI=1S/C26H27N7O/c1-18-4-5-20(15-29-18)22-6-7-23-25(31-22)21(24(16-30-23)32(2)17-34)14-19-8-12-33(13-9-19)26-27-10-3-11-28-26/h3-7,10-11,15-17,19H,8-9,12-14H2,1-2H3. The Kier molecular flexibility index (Phi) is 6.12. The minimum absolute atomic E-state index is 0.468. The summed E-state index contributed by atoms with van der Waals surface area (Å²) in [6.07, 6.45) is 10.9. The van der Waals surface area contributed by atoms with Gasteiger partial charge in [0.2, 0.25) is 12.4 Å². The quantitative estimate of drug-likeness (QED) is 0.410. The minimum Gasteiger partial charge on any atom is -0.341 e. The van der Waals surface area contributed by atoms with Crippen molar-refractivity contribution in [3.05, 3.63) is 66.4 Å². The predicted molar refractivity (Wildman–Crippen MR) is 133 cm³/mol. The summed E-state index contributed by atoms with van der Waals surface area (Å²) in [6, 6.07) is 9.84. The Morgan fingerprint density at radius 1 is 1.03 bits per heavy atom. The van der Waals surface area contributed by atoms with Crippen molar-refractivity contribution in [3.63, 3.8) is 0 Å². The van der Waals surface area contributed by atoms with Gasteiger partial charge in [0.05, 0.1) is 28.6 Å². The van der Waals surface area contributed by atoms with Gasteiger partial charge in [-0.3, -0.25) is 14.8 Å². The van der Waals surface area contributed by atoms with Crippen LogP contribution in [0, 0.1) is 12.8 Å². The number of piperidine rings is 1. The van der Waals surface area contributed by atoms with Crippen molar-refractivity contribution in [3.8, 4) is 11.3 Å². The van der Waals surface area contributed by atoms with Crippen molar-refractivity contribution < 1.29 is 4.79 Å². The van der Waals surface area contributed by atoms with Crippen LogP contribution in [0.5, 0.6) is 0 Å². The first-order chi connectivity index (χ1) is 16.6. The Morgan fingerprint density at radius 3 is 2.53 bits per heavy atom. The first-order valence-corrected chi connectivity index (χ1v) is 11.5. The smallest absolute Gasteiger partial charge is 0.225 e. The average Bonchev–Trinajstić information content (AvgIpc) is 2.89. The molecule has 0 saturated carbocycles. The van der Waals surface area contributed by atoms with Gasteiger partial charge in [0.1, 0.15) is 0 Å².